The maximum atomic E-state index is 11.8. The van der Waals surface area contributed by atoms with Crippen LogP contribution in [0.2, 0.25) is 0 Å². The third kappa shape index (κ3) is 2.05. The molecular weight excluding hydrogens is 234 g/mol. The summed E-state index contributed by atoms with van der Waals surface area (Å²) in [6, 6.07) is 0. The number of hydrogen-bond acceptors (Lipinski definition) is 2. The summed E-state index contributed by atoms with van der Waals surface area (Å²) in [7, 11) is 0. The number of carbonyl (C=O) groups excluding carboxylic acids is 1. The Morgan fingerprint density at radius 1 is 1.46 bits per heavy atom. The van der Waals surface area contributed by atoms with Crippen molar-refractivity contribution in [2.75, 3.05) is 26.3 Å². The van der Waals surface area contributed by atoms with Gasteiger partial charge in [-0.3, -0.25) is 4.79 Å². The molecule has 13 heavy (non-hydrogen) atoms. The molecule has 0 N–H and O–H groups in total. The first-order valence-electron chi connectivity index (χ1n) is 4.78. The van der Waals surface area contributed by atoms with Gasteiger partial charge in [0, 0.05) is 24.5 Å². The van der Waals surface area contributed by atoms with Gasteiger partial charge in [0.25, 0.3) is 0 Å². The third-order valence-corrected chi connectivity index (χ3v) is 3.47. The summed E-state index contributed by atoms with van der Waals surface area (Å²) in [6.45, 7) is 3.16. The van der Waals surface area contributed by atoms with Crippen LogP contribution in [0.3, 0.4) is 0 Å². The van der Waals surface area contributed by atoms with E-state index in [1.807, 2.05) is 4.90 Å². The number of nitrogens with zero attached hydrogens (tertiary/aromatic N) is 1. The Balaban J connectivity index is 1.89. The Morgan fingerprint density at radius 2 is 2.31 bits per heavy atom. The monoisotopic (exact) mass is 247 g/mol. The van der Waals surface area contributed by atoms with Crippen LogP contribution in [0.1, 0.15) is 12.8 Å². The maximum Gasteiger partial charge on any atom is 0.228 e. The lowest BCUT2D eigenvalue weighted by atomic mass is 10.1. The molecule has 2 saturated heterocycles. The van der Waals surface area contributed by atoms with Gasteiger partial charge in [0.05, 0.1) is 12.5 Å². The average molecular weight is 248 g/mol. The summed E-state index contributed by atoms with van der Waals surface area (Å²) in [6.07, 6.45) is 1.99. The van der Waals surface area contributed by atoms with Gasteiger partial charge in [-0.1, -0.05) is 15.9 Å². The first kappa shape index (κ1) is 9.46. The fraction of sp³-hybridized carbons (Fsp3) is 0.889. The standard InChI is InChI=1S/C9H14BrNO2/c10-8-1-3-11(5-8)9(12)7-2-4-13-6-7/h7-8H,1-6H2. The lowest BCUT2D eigenvalue weighted by molar-refractivity contribution is -0.134. The highest BCUT2D eigenvalue weighted by Gasteiger charge is 2.31. The smallest absolute Gasteiger partial charge is 0.228 e. The van der Waals surface area contributed by atoms with Crippen LogP contribution in [-0.2, 0) is 9.53 Å². The molecule has 2 rings (SSSR count). The van der Waals surface area contributed by atoms with E-state index in [1.54, 1.807) is 0 Å². The van der Waals surface area contributed by atoms with Gasteiger partial charge in [0.1, 0.15) is 0 Å². The van der Waals surface area contributed by atoms with Crippen LogP contribution in [0.5, 0.6) is 0 Å². The maximum absolute atomic E-state index is 11.8. The highest BCUT2D eigenvalue weighted by Crippen LogP contribution is 2.21. The van der Waals surface area contributed by atoms with Crippen molar-refractivity contribution >= 4 is 21.8 Å². The molecule has 4 heteroatoms. The Kier molecular flexibility index (Phi) is 2.89. The van der Waals surface area contributed by atoms with Gasteiger partial charge in [-0.2, -0.15) is 0 Å². The number of ether oxygens (including phenoxy) is 1. The van der Waals surface area contributed by atoms with Gasteiger partial charge in [-0.25, -0.2) is 0 Å². The topological polar surface area (TPSA) is 29.5 Å². The minimum Gasteiger partial charge on any atom is -0.381 e. The summed E-state index contributed by atoms with van der Waals surface area (Å²) in [5.41, 5.74) is 0. The van der Waals surface area contributed by atoms with Crippen LogP contribution >= 0.6 is 15.9 Å². The van der Waals surface area contributed by atoms with Crippen molar-refractivity contribution in [2.24, 2.45) is 5.92 Å². The summed E-state index contributed by atoms with van der Waals surface area (Å²) in [4.78, 5) is 14.3. The molecule has 3 nitrogen and oxygen atoms in total. The number of carbonyl (C=O) groups is 1. The van der Waals surface area contributed by atoms with Crippen LogP contribution in [0, 0.1) is 5.92 Å². The summed E-state index contributed by atoms with van der Waals surface area (Å²) >= 11 is 3.53. The lowest BCUT2D eigenvalue weighted by Crippen LogP contribution is -2.34. The van der Waals surface area contributed by atoms with Crippen molar-refractivity contribution in [3.8, 4) is 0 Å². The van der Waals surface area contributed by atoms with E-state index in [4.69, 9.17) is 4.74 Å². The largest absolute Gasteiger partial charge is 0.381 e. The van der Waals surface area contributed by atoms with E-state index >= 15 is 0 Å². The SMILES string of the molecule is O=C(C1CCOC1)N1CCC(Br)C1. The molecule has 0 aromatic carbocycles. The molecule has 2 fully saturated rings. The second-order valence-electron chi connectivity index (χ2n) is 3.73. The van der Waals surface area contributed by atoms with Gasteiger partial charge < -0.3 is 9.64 Å². The van der Waals surface area contributed by atoms with E-state index in [0.717, 1.165) is 32.5 Å². The average Bonchev–Trinajstić information content (AvgIpc) is 2.72. The molecule has 0 saturated carbocycles. The molecule has 2 aliphatic rings. The molecule has 0 spiro atoms. The van der Waals surface area contributed by atoms with Crippen LogP contribution in [0.4, 0.5) is 0 Å². The number of hydrogen-bond donors (Lipinski definition) is 0. The molecule has 0 bridgehead atoms. The van der Waals surface area contributed by atoms with Gasteiger partial charge >= 0.3 is 0 Å². The van der Waals surface area contributed by atoms with E-state index in [-0.39, 0.29) is 5.92 Å². The summed E-state index contributed by atoms with van der Waals surface area (Å²) in [5, 5.41) is 0. The second-order valence-corrected chi connectivity index (χ2v) is 5.03. The Morgan fingerprint density at radius 3 is 2.85 bits per heavy atom. The molecule has 2 unspecified atom stereocenters. The number of alkyl halides is 1. The van der Waals surface area contributed by atoms with Crippen LogP contribution in [0.25, 0.3) is 0 Å². The molecule has 0 aliphatic carbocycles. The molecule has 2 atom stereocenters. The van der Waals surface area contributed by atoms with Crippen molar-refractivity contribution in [3.63, 3.8) is 0 Å². The molecule has 0 aromatic heterocycles. The summed E-state index contributed by atoms with van der Waals surface area (Å²) < 4.78 is 5.21. The molecule has 2 aliphatic heterocycles. The zero-order valence-corrected chi connectivity index (χ0v) is 9.13. The summed E-state index contributed by atoms with van der Waals surface area (Å²) in [5.74, 6) is 0.428. The van der Waals surface area contributed by atoms with Crippen molar-refractivity contribution in [1.29, 1.82) is 0 Å². The normalized spacial score (nSPS) is 34.1. The Hall–Kier alpha value is -0.0900. The zero-order chi connectivity index (χ0) is 9.26. The van der Waals surface area contributed by atoms with Crippen molar-refractivity contribution < 1.29 is 9.53 Å². The van der Waals surface area contributed by atoms with Gasteiger partial charge in [-0.05, 0) is 12.8 Å². The van der Waals surface area contributed by atoms with Gasteiger partial charge in [0.15, 0.2) is 0 Å². The highest BCUT2D eigenvalue weighted by molar-refractivity contribution is 9.09. The fourth-order valence-electron chi connectivity index (χ4n) is 1.91. The number of rotatable bonds is 1. The van der Waals surface area contributed by atoms with Gasteiger partial charge in [-0.15, -0.1) is 0 Å². The Labute approximate surface area is 86.5 Å². The van der Waals surface area contributed by atoms with Crippen molar-refractivity contribution in [1.82, 2.24) is 4.90 Å². The Bertz CT molecular complexity index is 204. The number of amides is 1. The molecule has 0 aromatic rings. The minimum absolute atomic E-state index is 0.137. The molecular formula is C9H14BrNO2. The fourth-order valence-corrected chi connectivity index (χ4v) is 2.46. The predicted molar refractivity (Wildman–Crippen MR) is 52.8 cm³/mol. The molecule has 1 amide bonds. The highest BCUT2D eigenvalue weighted by atomic mass is 79.9. The van der Waals surface area contributed by atoms with Crippen molar-refractivity contribution in [2.45, 2.75) is 17.7 Å². The second kappa shape index (κ2) is 3.96. The zero-order valence-electron chi connectivity index (χ0n) is 7.54. The van der Waals surface area contributed by atoms with Crippen LogP contribution < -0.4 is 0 Å². The molecule has 2 heterocycles. The predicted octanol–water partition coefficient (Wildman–Crippen LogP) is 1.02. The minimum atomic E-state index is 0.137. The van der Waals surface area contributed by atoms with Gasteiger partial charge in [0.2, 0.25) is 5.91 Å². The quantitative estimate of drug-likeness (QED) is 0.648. The van der Waals surface area contributed by atoms with E-state index < -0.39 is 0 Å². The first-order chi connectivity index (χ1) is 6.27. The number of halogens is 1. The van der Waals surface area contributed by atoms with Crippen molar-refractivity contribution in [3.05, 3.63) is 0 Å². The molecule has 0 radical (unpaired) electrons. The van der Waals surface area contributed by atoms with E-state index in [9.17, 15) is 4.79 Å². The van der Waals surface area contributed by atoms with E-state index in [2.05, 4.69) is 15.9 Å². The lowest BCUT2D eigenvalue weighted by Gasteiger charge is -2.18. The van der Waals surface area contributed by atoms with E-state index in [0.29, 0.717) is 17.3 Å². The number of likely N-dealkylation sites (tertiary alicyclic amines) is 1. The third-order valence-electron chi connectivity index (χ3n) is 2.72. The van der Waals surface area contributed by atoms with E-state index in [1.165, 1.54) is 0 Å². The van der Waals surface area contributed by atoms with Crippen LogP contribution in [0.15, 0.2) is 0 Å². The first-order valence-corrected chi connectivity index (χ1v) is 5.69. The molecule has 74 valence electrons. The van der Waals surface area contributed by atoms with Crippen LogP contribution in [-0.4, -0.2) is 41.9 Å².